The van der Waals surface area contributed by atoms with Crippen molar-refractivity contribution in [2.24, 2.45) is 0 Å². The minimum atomic E-state index is -0.246. The van der Waals surface area contributed by atoms with Crippen molar-refractivity contribution < 1.29 is 14.3 Å². The number of carbonyl (C=O) groups is 2. The molecule has 0 bridgehead atoms. The van der Waals surface area contributed by atoms with Crippen LogP contribution in [0.2, 0.25) is 0 Å². The molecule has 0 aliphatic carbocycles. The van der Waals surface area contributed by atoms with Crippen LogP contribution in [0.1, 0.15) is 65.7 Å². The van der Waals surface area contributed by atoms with Crippen LogP contribution in [0.4, 0.5) is 0 Å². The number of carbonyl (C=O) groups excluding carboxylic acids is 2. The van der Waals surface area contributed by atoms with E-state index in [1.165, 1.54) is 26.2 Å². The molecule has 1 unspecified atom stereocenters. The number of unbranched alkanes of at least 4 members (excludes halogenated alkanes) is 3. The average Bonchev–Trinajstić information content (AvgIpc) is 2.19. The Bertz CT molecular complexity index is 211. The van der Waals surface area contributed by atoms with Gasteiger partial charge in [0.15, 0.2) is 0 Å². The smallest absolute Gasteiger partial charge is 0.302 e. The lowest BCUT2D eigenvalue weighted by molar-refractivity contribution is -0.147. The van der Waals surface area contributed by atoms with Gasteiger partial charge < -0.3 is 9.53 Å². The zero-order valence-corrected chi connectivity index (χ0v) is 10.8. The van der Waals surface area contributed by atoms with Crippen LogP contribution >= 0.6 is 0 Å². The van der Waals surface area contributed by atoms with E-state index in [9.17, 15) is 9.59 Å². The summed E-state index contributed by atoms with van der Waals surface area (Å²) in [5.41, 5.74) is 0. The van der Waals surface area contributed by atoms with Gasteiger partial charge in [-0.25, -0.2) is 0 Å². The van der Waals surface area contributed by atoms with Gasteiger partial charge in [0.1, 0.15) is 11.9 Å². The second-order valence-electron chi connectivity index (χ2n) is 4.32. The number of esters is 1. The second kappa shape index (κ2) is 9.37. The highest BCUT2D eigenvalue weighted by Crippen LogP contribution is 2.13. The molecule has 0 amide bonds. The van der Waals surface area contributed by atoms with Gasteiger partial charge in [0.2, 0.25) is 0 Å². The van der Waals surface area contributed by atoms with Gasteiger partial charge in [0.25, 0.3) is 0 Å². The van der Waals surface area contributed by atoms with Crippen LogP contribution in [-0.2, 0) is 14.3 Å². The first kappa shape index (κ1) is 15.1. The first-order chi connectivity index (χ1) is 7.56. The molecular weight excluding hydrogens is 204 g/mol. The van der Waals surface area contributed by atoms with E-state index in [0.717, 1.165) is 12.8 Å². The summed E-state index contributed by atoms with van der Waals surface area (Å²) in [4.78, 5) is 21.8. The maximum Gasteiger partial charge on any atom is 0.302 e. The van der Waals surface area contributed by atoms with E-state index in [-0.39, 0.29) is 17.9 Å². The number of hydrogen-bond donors (Lipinski definition) is 0. The molecule has 1 atom stereocenters. The molecule has 0 N–H and O–H groups in total. The molecule has 0 heterocycles. The summed E-state index contributed by atoms with van der Waals surface area (Å²) in [6.07, 6.45) is 6.65. The lowest BCUT2D eigenvalue weighted by Crippen LogP contribution is -2.17. The van der Waals surface area contributed by atoms with Gasteiger partial charge in [0, 0.05) is 13.3 Å². The summed E-state index contributed by atoms with van der Waals surface area (Å²) in [5, 5.41) is 0. The molecule has 0 saturated carbocycles. The van der Waals surface area contributed by atoms with Crippen LogP contribution in [0.3, 0.4) is 0 Å². The Morgan fingerprint density at radius 2 is 1.75 bits per heavy atom. The number of hydrogen-bond acceptors (Lipinski definition) is 3. The molecule has 0 aromatic rings. The summed E-state index contributed by atoms with van der Waals surface area (Å²) in [5.74, 6) is -0.0882. The Hall–Kier alpha value is -0.860. The maximum atomic E-state index is 10.9. The third-order valence-electron chi connectivity index (χ3n) is 2.53. The molecule has 94 valence electrons. The highest BCUT2D eigenvalue weighted by atomic mass is 16.5. The lowest BCUT2D eigenvalue weighted by Gasteiger charge is -2.16. The number of rotatable bonds is 9. The van der Waals surface area contributed by atoms with Gasteiger partial charge in [-0.3, -0.25) is 4.79 Å². The fourth-order valence-corrected chi connectivity index (χ4v) is 1.66. The van der Waals surface area contributed by atoms with Gasteiger partial charge in [0.05, 0.1) is 0 Å². The van der Waals surface area contributed by atoms with E-state index in [0.29, 0.717) is 12.8 Å². The molecule has 16 heavy (non-hydrogen) atoms. The molecule has 0 radical (unpaired) electrons. The zero-order chi connectivity index (χ0) is 12.4. The van der Waals surface area contributed by atoms with Crippen molar-refractivity contribution in [1.82, 2.24) is 0 Å². The van der Waals surface area contributed by atoms with Crippen molar-refractivity contribution in [2.75, 3.05) is 0 Å². The fraction of sp³-hybridized carbons (Fsp3) is 0.846. The van der Waals surface area contributed by atoms with Gasteiger partial charge in [-0.15, -0.1) is 0 Å². The summed E-state index contributed by atoms with van der Waals surface area (Å²) in [7, 11) is 0. The minimum absolute atomic E-state index is 0.0711. The van der Waals surface area contributed by atoms with E-state index < -0.39 is 0 Å². The molecule has 0 aromatic heterocycles. The third-order valence-corrected chi connectivity index (χ3v) is 2.53. The number of ketones is 1. The second-order valence-corrected chi connectivity index (χ2v) is 4.32. The Morgan fingerprint density at radius 3 is 2.25 bits per heavy atom. The summed E-state index contributed by atoms with van der Waals surface area (Å²) >= 11 is 0. The normalized spacial score (nSPS) is 12.2. The van der Waals surface area contributed by atoms with Crippen molar-refractivity contribution in [1.29, 1.82) is 0 Å². The third kappa shape index (κ3) is 9.69. The molecule has 0 aromatic carbocycles. The predicted molar refractivity (Wildman–Crippen MR) is 64.2 cm³/mol. The van der Waals surface area contributed by atoms with Crippen LogP contribution < -0.4 is 0 Å². The summed E-state index contributed by atoms with van der Waals surface area (Å²) in [6, 6.07) is 0. The van der Waals surface area contributed by atoms with Crippen molar-refractivity contribution >= 4 is 11.8 Å². The van der Waals surface area contributed by atoms with E-state index in [4.69, 9.17) is 4.74 Å². The lowest BCUT2D eigenvalue weighted by atomic mass is 10.0. The fourth-order valence-electron chi connectivity index (χ4n) is 1.66. The largest absolute Gasteiger partial charge is 0.463 e. The number of ether oxygens (including phenoxy) is 1. The van der Waals surface area contributed by atoms with Gasteiger partial charge in [-0.1, -0.05) is 26.2 Å². The molecule has 0 fully saturated rings. The molecule has 0 aliphatic rings. The number of Topliss-reactive ketones (excluding diaryl/α,β-unsaturated/α-hetero) is 1. The molecular formula is C13H24O3. The quantitative estimate of drug-likeness (QED) is 0.449. The molecule has 0 aliphatic heterocycles. The SMILES string of the molecule is CCCCCCC(CCC(C)=O)OC(C)=O. The first-order valence-corrected chi connectivity index (χ1v) is 6.23. The molecule has 3 heteroatoms. The summed E-state index contributed by atoms with van der Waals surface area (Å²) in [6.45, 7) is 5.16. The van der Waals surface area contributed by atoms with Crippen LogP contribution in [0.15, 0.2) is 0 Å². The van der Waals surface area contributed by atoms with Crippen LogP contribution in [0.25, 0.3) is 0 Å². The predicted octanol–water partition coefficient (Wildman–Crippen LogP) is 3.26. The van der Waals surface area contributed by atoms with Gasteiger partial charge >= 0.3 is 5.97 Å². The standard InChI is InChI=1S/C13H24O3/c1-4-5-6-7-8-13(16-12(3)15)10-9-11(2)14/h13H,4-10H2,1-3H3. The van der Waals surface area contributed by atoms with Crippen molar-refractivity contribution in [3.63, 3.8) is 0 Å². The first-order valence-electron chi connectivity index (χ1n) is 6.23. The average molecular weight is 228 g/mol. The van der Waals surface area contributed by atoms with Crippen LogP contribution in [0, 0.1) is 0 Å². The van der Waals surface area contributed by atoms with Gasteiger partial charge in [-0.05, 0) is 26.2 Å². The van der Waals surface area contributed by atoms with Gasteiger partial charge in [-0.2, -0.15) is 0 Å². The van der Waals surface area contributed by atoms with E-state index in [1.807, 2.05) is 0 Å². The topological polar surface area (TPSA) is 43.4 Å². The van der Waals surface area contributed by atoms with E-state index in [2.05, 4.69) is 6.92 Å². The Balaban J connectivity index is 3.80. The summed E-state index contributed by atoms with van der Waals surface area (Å²) < 4.78 is 5.19. The molecule has 3 nitrogen and oxygen atoms in total. The zero-order valence-electron chi connectivity index (χ0n) is 10.8. The van der Waals surface area contributed by atoms with Crippen molar-refractivity contribution in [3.05, 3.63) is 0 Å². The maximum absolute atomic E-state index is 10.9. The molecule has 0 saturated heterocycles. The molecule has 0 spiro atoms. The van der Waals surface area contributed by atoms with Crippen molar-refractivity contribution in [2.45, 2.75) is 71.8 Å². The monoisotopic (exact) mass is 228 g/mol. The van der Waals surface area contributed by atoms with Crippen LogP contribution in [-0.4, -0.2) is 17.9 Å². The Kier molecular flexibility index (Phi) is 8.87. The van der Waals surface area contributed by atoms with E-state index >= 15 is 0 Å². The Labute approximate surface area is 98.6 Å². The highest BCUT2D eigenvalue weighted by molar-refractivity contribution is 5.75. The Morgan fingerprint density at radius 1 is 1.06 bits per heavy atom. The molecule has 0 rings (SSSR count). The van der Waals surface area contributed by atoms with Crippen molar-refractivity contribution in [3.8, 4) is 0 Å². The minimum Gasteiger partial charge on any atom is -0.463 e. The van der Waals surface area contributed by atoms with Crippen LogP contribution in [0.5, 0.6) is 0 Å². The van der Waals surface area contributed by atoms with E-state index in [1.54, 1.807) is 6.92 Å². The highest BCUT2D eigenvalue weighted by Gasteiger charge is 2.12.